The van der Waals surface area contributed by atoms with Gasteiger partial charge in [-0.15, -0.1) is 0 Å². The summed E-state index contributed by atoms with van der Waals surface area (Å²) in [6.45, 7) is 5.83. The molecule has 0 saturated carbocycles. The van der Waals surface area contributed by atoms with Gasteiger partial charge >= 0.3 is 0 Å². The molecule has 0 radical (unpaired) electrons. The largest absolute Gasteiger partial charge is 0.356 e. The minimum absolute atomic E-state index is 0.0898. The summed E-state index contributed by atoms with van der Waals surface area (Å²) in [6, 6.07) is 0. The van der Waals surface area contributed by atoms with Crippen LogP contribution in [0.25, 0.3) is 0 Å². The van der Waals surface area contributed by atoms with Gasteiger partial charge in [-0.25, -0.2) is 0 Å². The van der Waals surface area contributed by atoms with Crippen molar-refractivity contribution < 1.29 is 4.79 Å². The molecular weight excluding hydrogens is 190 g/mol. The number of hydrogen-bond acceptors (Lipinski definition) is 3. The number of hydrogen-bond donors (Lipinski definition) is 3. The Morgan fingerprint density at radius 2 is 1.80 bits per heavy atom. The molecule has 0 aromatic rings. The molecule has 15 heavy (non-hydrogen) atoms. The van der Waals surface area contributed by atoms with E-state index in [1.807, 2.05) is 13.8 Å². The van der Waals surface area contributed by atoms with E-state index in [1.165, 1.54) is 0 Å². The standard InChI is InChI=1S/C11H25N3O/c1-3-11(4-2,9-13)10(15)14-8-6-5-7-12/h3-9,12-13H2,1-2H3,(H,14,15). The van der Waals surface area contributed by atoms with Gasteiger partial charge in [-0.3, -0.25) is 4.79 Å². The molecule has 0 aromatic carbocycles. The molecule has 0 aliphatic carbocycles. The van der Waals surface area contributed by atoms with Crippen LogP contribution in [0.5, 0.6) is 0 Å². The molecule has 0 saturated heterocycles. The second-order valence-corrected chi connectivity index (χ2v) is 3.94. The summed E-state index contributed by atoms with van der Waals surface area (Å²) in [7, 11) is 0. The second-order valence-electron chi connectivity index (χ2n) is 3.94. The summed E-state index contributed by atoms with van der Waals surface area (Å²) in [5.74, 6) is 0.0898. The highest BCUT2D eigenvalue weighted by Gasteiger charge is 2.32. The SMILES string of the molecule is CCC(CC)(CN)C(=O)NCCCCN. The van der Waals surface area contributed by atoms with Gasteiger partial charge in [0.25, 0.3) is 0 Å². The van der Waals surface area contributed by atoms with Gasteiger partial charge in [0.2, 0.25) is 5.91 Å². The fourth-order valence-electron chi connectivity index (χ4n) is 1.61. The maximum atomic E-state index is 11.9. The average molecular weight is 215 g/mol. The Morgan fingerprint density at radius 3 is 2.20 bits per heavy atom. The van der Waals surface area contributed by atoms with Crippen molar-refractivity contribution in [1.82, 2.24) is 5.32 Å². The molecule has 0 bridgehead atoms. The molecule has 0 rings (SSSR count). The maximum absolute atomic E-state index is 11.9. The van der Waals surface area contributed by atoms with E-state index in [2.05, 4.69) is 5.32 Å². The van der Waals surface area contributed by atoms with Crippen LogP contribution >= 0.6 is 0 Å². The van der Waals surface area contributed by atoms with Crippen LogP contribution in [0.2, 0.25) is 0 Å². The Kier molecular flexibility index (Phi) is 7.34. The first-order valence-electron chi connectivity index (χ1n) is 5.85. The zero-order valence-corrected chi connectivity index (χ0v) is 10.0. The first kappa shape index (κ1) is 14.4. The van der Waals surface area contributed by atoms with Gasteiger partial charge in [-0.2, -0.15) is 0 Å². The van der Waals surface area contributed by atoms with Gasteiger partial charge in [-0.05, 0) is 32.2 Å². The van der Waals surface area contributed by atoms with E-state index in [0.717, 1.165) is 25.7 Å². The fourth-order valence-corrected chi connectivity index (χ4v) is 1.61. The quantitative estimate of drug-likeness (QED) is 0.519. The Bertz CT molecular complexity index is 170. The van der Waals surface area contributed by atoms with E-state index in [9.17, 15) is 4.79 Å². The fraction of sp³-hybridized carbons (Fsp3) is 0.909. The van der Waals surface area contributed by atoms with Gasteiger partial charge in [0.05, 0.1) is 5.41 Å². The number of nitrogens with one attached hydrogen (secondary N) is 1. The molecule has 4 nitrogen and oxygen atoms in total. The van der Waals surface area contributed by atoms with Crippen LogP contribution in [0.15, 0.2) is 0 Å². The van der Waals surface area contributed by atoms with Crippen LogP contribution < -0.4 is 16.8 Å². The summed E-state index contributed by atoms with van der Waals surface area (Å²) < 4.78 is 0. The summed E-state index contributed by atoms with van der Waals surface area (Å²) in [5, 5.41) is 2.94. The van der Waals surface area contributed by atoms with Gasteiger partial charge in [0, 0.05) is 13.1 Å². The van der Waals surface area contributed by atoms with Crippen LogP contribution in [-0.4, -0.2) is 25.5 Å². The molecular formula is C11H25N3O. The molecule has 0 aromatic heterocycles. The highest BCUT2D eigenvalue weighted by Crippen LogP contribution is 2.24. The Hall–Kier alpha value is -0.610. The van der Waals surface area contributed by atoms with Gasteiger partial charge in [0.1, 0.15) is 0 Å². The lowest BCUT2D eigenvalue weighted by atomic mass is 9.81. The van der Waals surface area contributed by atoms with Crippen molar-refractivity contribution in [2.45, 2.75) is 39.5 Å². The lowest BCUT2D eigenvalue weighted by Crippen LogP contribution is -2.45. The minimum atomic E-state index is -0.372. The predicted octanol–water partition coefficient (Wildman–Crippen LogP) is 0.607. The van der Waals surface area contributed by atoms with Crippen molar-refractivity contribution >= 4 is 5.91 Å². The summed E-state index contributed by atoms with van der Waals surface area (Å²) in [6.07, 6.45) is 3.48. The zero-order chi connectivity index (χ0) is 11.7. The zero-order valence-electron chi connectivity index (χ0n) is 10.0. The lowest BCUT2D eigenvalue weighted by Gasteiger charge is -2.28. The molecule has 0 aliphatic rings. The first-order chi connectivity index (χ1) is 7.16. The summed E-state index contributed by atoms with van der Waals surface area (Å²) in [4.78, 5) is 11.9. The van der Waals surface area contributed by atoms with Crippen molar-refractivity contribution in [3.05, 3.63) is 0 Å². The normalized spacial score (nSPS) is 11.5. The number of rotatable bonds is 8. The van der Waals surface area contributed by atoms with Crippen molar-refractivity contribution in [1.29, 1.82) is 0 Å². The van der Waals surface area contributed by atoms with Crippen LogP contribution in [0.4, 0.5) is 0 Å². The van der Waals surface area contributed by atoms with E-state index in [-0.39, 0.29) is 11.3 Å². The number of carbonyl (C=O) groups is 1. The molecule has 0 fully saturated rings. The number of amides is 1. The van der Waals surface area contributed by atoms with Crippen molar-refractivity contribution in [2.75, 3.05) is 19.6 Å². The number of carbonyl (C=O) groups excluding carboxylic acids is 1. The number of nitrogens with two attached hydrogens (primary N) is 2. The molecule has 0 unspecified atom stereocenters. The first-order valence-corrected chi connectivity index (χ1v) is 5.85. The molecule has 0 spiro atoms. The van der Waals surface area contributed by atoms with E-state index in [4.69, 9.17) is 11.5 Å². The third-order valence-electron chi connectivity index (χ3n) is 3.14. The Labute approximate surface area is 92.8 Å². The Balaban J connectivity index is 4.04. The van der Waals surface area contributed by atoms with Gasteiger partial charge in [0.15, 0.2) is 0 Å². The molecule has 0 aliphatic heterocycles. The molecule has 90 valence electrons. The summed E-state index contributed by atoms with van der Waals surface area (Å²) >= 11 is 0. The minimum Gasteiger partial charge on any atom is -0.356 e. The lowest BCUT2D eigenvalue weighted by molar-refractivity contribution is -0.131. The smallest absolute Gasteiger partial charge is 0.227 e. The van der Waals surface area contributed by atoms with Crippen molar-refractivity contribution in [3.63, 3.8) is 0 Å². The monoisotopic (exact) mass is 215 g/mol. The maximum Gasteiger partial charge on any atom is 0.227 e. The van der Waals surface area contributed by atoms with Crippen LogP contribution in [0.1, 0.15) is 39.5 Å². The van der Waals surface area contributed by atoms with E-state index in [1.54, 1.807) is 0 Å². The molecule has 0 atom stereocenters. The van der Waals surface area contributed by atoms with Crippen LogP contribution in [0.3, 0.4) is 0 Å². The van der Waals surface area contributed by atoms with E-state index < -0.39 is 0 Å². The van der Waals surface area contributed by atoms with E-state index >= 15 is 0 Å². The summed E-state index contributed by atoms with van der Waals surface area (Å²) in [5.41, 5.74) is 10.7. The van der Waals surface area contributed by atoms with E-state index in [0.29, 0.717) is 19.6 Å². The topological polar surface area (TPSA) is 81.1 Å². The predicted molar refractivity (Wildman–Crippen MR) is 63.4 cm³/mol. The highest BCUT2D eigenvalue weighted by molar-refractivity contribution is 5.82. The molecule has 0 heterocycles. The van der Waals surface area contributed by atoms with Crippen molar-refractivity contribution in [3.8, 4) is 0 Å². The van der Waals surface area contributed by atoms with Crippen LogP contribution in [0, 0.1) is 5.41 Å². The third-order valence-corrected chi connectivity index (χ3v) is 3.14. The average Bonchev–Trinajstić information content (AvgIpc) is 2.28. The van der Waals surface area contributed by atoms with Crippen LogP contribution in [-0.2, 0) is 4.79 Å². The highest BCUT2D eigenvalue weighted by atomic mass is 16.2. The third kappa shape index (κ3) is 4.18. The molecule has 1 amide bonds. The van der Waals surface area contributed by atoms with Gasteiger partial charge in [-0.1, -0.05) is 13.8 Å². The Morgan fingerprint density at radius 1 is 1.20 bits per heavy atom. The second kappa shape index (κ2) is 7.65. The molecule has 4 heteroatoms. The number of unbranched alkanes of at least 4 members (excludes halogenated alkanes) is 1. The molecule has 5 N–H and O–H groups in total. The van der Waals surface area contributed by atoms with Crippen molar-refractivity contribution in [2.24, 2.45) is 16.9 Å². The van der Waals surface area contributed by atoms with Gasteiger partial charge < -0.3 is 16.8 Å².